The Morgan fingerprint density at radius 2 is 1.50 bits per heavy atom. The number of carbonyl (C=O) groups is 3. The van der Waals surface area contributed by atoms with Crippen LogP contribution in [0, 0.1) is 0 Å². The highest BCUT2D eigenvalue weighted by Crippen LogP contribution is 2.39. The van der Waals surface area contributed by atoms with Crippen molar-refractivity contribution in [3.8, 4) is 0 Å². The number of quaternary nitrogens is 1. The lowest BCUT2D eigenvalue weighted by atomic mass is 9.99. The van der Waals surface area contributed by atoms with Crippen molar-refractivity contribution in [1.82, 2.24) is 9.80 Å². The molecule has 0 fully saturated rings. The highest BCUT2D eigenvalue weighted by molar-refractivity contribution is 6.20. The number of nitrogens with one attached hydrogen (secondary N) is 2. The number of anilines is 1. The van der Waals surface area contributed by atoms with Gasteiger partial charge in [0.2, 0.25) is 6.17 Å². The molecule has 1 heterocycles. The molecule has 4 aromatic rings. The van der Waals surface area contributed by atoms with E-state index in [4.69, 9.17) is 4.99 Å². The molecule has 8 heteroatoms. The van der Waals surface area contributed by atoms with Crippen molar-refractivity contribution in [2.24, 2.45) is 4.99 Å². The largest absolute Gasteiger partial charge is 0.478 e. The van der Waals surface area contributed by atoms with E-state index in [1.165, 1.54) is 18.2 Å². The van der Waals surface area contributed by atoms with Crippen LogP contribution in [0.15, 0.2) is 114 Å². The van der Waals surface area contributed by atoms with E-state index in [1.54, 1.807) is 13.1 Å². The van der Waals surface area contributed by atoms with Gasteiger partial charge in [-0.1, -0.05) is 66.7 Å². The molecule has 1 aliphatic rings. The van der Waals surface area contributed by atoms with Gasteiger partial charge in [0.25, 0.3) is 0 Å². The number of aromatic carboxylic acids is 1. The molecule has 8 nitrogen and oxygen atoms in total. The topological polar surface area (TPSA) is 108 Å². The molecule has 0 radical (unpaired) electrons. The highest BCUT2D eigenvalue weighted by Gasteiger charge is 2.47. The Morgan fingerprint density at radius 1 is 0.842 bits per heavy atom. The summed E-state index contributed by atoms with van der Waals surface area (Å²) in [5, 5.41) is 14.6. The fraction of sp³-hybridized carbons (Fsp3) is 0.0667. The Labute approximate surface area is 219 Å². The Bertz CT molecular complexity index is 1550. The van der Waals surface area contributed by atoms with Crippen LogP contribution in [0.1, 0.15) is 21.5 Å². The lowest BCUT2D eigenvalue weighted by Crippen LogP contribution is -2.56. The maximum Gasteiger partial charge on any atom is 0.368 e. The third-order valence-electron chi connectivity index (χ3n) is 6.53. The van der Waals surface area contributed by atoms with Gasteiger partial charge in [-0.2, -0.15) is 4.48 Å². The third kappa shape index (κ3) is 4.56. The molecular weight excluding hydrogens is 480 g/mol. The second kappa shape index (κ2) is 10.1. The zero-order valence-electron chi connectivity index (χ0n) is 20.5. The fourth-order valence-electron chi connectivity index (χ4n) is 4.61. The van der Waals surface area contributed by atoms with Gasteiger partial charge in [0.15, 0.2) is 5.69 Å². The van der Waals surface area contributed by atoms with Crippen molar-refractivity contribution in [2.45, 2.75) is 6.17 Å². The molecule has 2 unspecified atom stereocenters. The lowest BCUT2D eigenvalue weighted by Gasteiger charge is -2.32. The predicted octanol–water partition coefficient (Wildman–Crippen LogP) is 5.18. The number of benzodiazepines with no additional fused rings is 1. The van der Waals surface area contributed by atoms with Crippen molar-refractivity contribution in [3.63, 3.8) is 0 Å². The lowest BCUT2D eigenvalue weighted by molar-refractivity contribution is -0.128. The number of carboxylic acid groups (broad SMARTS) is 1. The first kappa shape index (κ1) is 24.6. The Morgan fingerprint density at radius 3 is 2.21 bits per heavy atom. The number of benzene rings is 4. The predicted molar refractivity (Wildman–Crippen MR) is 147 cm³/mol. The standard InChI is InChI=1S/C30H24N4O4/c1-34(23-15-6-3-7-16-23)25-18-9-8-17-24(25)26(20-11-4-2-5-12-20)32-27(28(34)35)33-30(38)31-22-14-10-13-21(19-22)29(36)37/h2-19,27H,1H3,(H2-,31,33,36,37,38)/p+1. The molecule has 0 spiro atoms. The van der Waals surface area contributed by atoms with Gasteiger partial charge in [-0.3, -0.25) is 0 Å². The van der Waals surface area contributed by atoms with Crippen molar-refractivity contribution >= 4 is 40.7 Å². The Kier molecular flexibility index (Phi) is 6.55. The van der Waals surface area contributed by atoms with Crippen molar-refractivity contribution in [2.75, 3.05) is 12.4 Å². The maximum absolute atomic E-state index is 14.3. The molecule has 1 aliphatic heterocycles. The molecule has 3 amide bonds. The van der Waals surface area contributed by atoms with Crippen LogP contribution in [0.4, 0.5) is 21.9 Å². The molecule has 2 atom stereocenters. The quantitative estimate of drug-likeness (QED) is 0.325. The number of hydrogen-bond donors (Lipinski definition) is 3. The minimum atomic E-state index is -1.24. The van der Waals surface area contributed by atoms with Gasteiger partial charge in [-0.05, 0) is 24.3 Å². The average molecular weight is 506 g/mol. The Balaban J connectivity index is 1.60. The first-order chi connectivity index (χ1) is 18.4. The van der Waals surface area contributed by atoms with E-state index in [-0.39, 0.29) is 21.6 Å². The minimum absolute atomic E-state index is 0.0292. The van der Waals surface area contributed by atoms with E-state index >= 15 is 0 Å². The van der Waals surface area contributed by atoms with E-state index < -0.39 is 18.2 Å². The van der Waals surface area contributed by atoms with Crippen molar-refractivity contribution in [1.29, 1.82) is 0 Å². The number of amides is 3. The van der Waals surface area contributed by atoms with Gasteiger partial charge in [0.05, 0.1) is 23.9 Å². The van der Waals surface area contributed by atoms with E-state index in [1.807, 2.05) is 84.9 Å². The number of urea groups is 1. The van der Waals surface area contributed by atoms with Crippen LogP contribution in [0.5, 0.6) is 0 Å². The van der Waals surface area contributed by atoms with Gasteiger partial charge in [0.1, 0.15) is 5.69 Å². The number of nitrogens with zero attached hydrogens (tertiary/aromatic N) is 2. The summed E-state index contributed by atoms with van der Waals surface area (Å²) in [6, 6.07) is 31.6. The molecule has 0 saturated heterocycles. The summed E-state index contributed by atoms with van der Waals surface area (Å²) in [4.78, 5) is 43.5. The first-order valence-corrected chi connectivity index (χ1v) is 12.0. The van der Waals surface area contributed by atoms with E-state index in [0.29, 0.717) is 5.71 Å². The van der Waals surface area contributed by atoms with Gasteiger partial charge in [0, 0.05) is 29.4 Å². The van der Waals surface area contributed by atoms with Crippen LogP contribution < -0.4 is 15.1 Å². The van der Waals surface area contributed by atoms with E-state index in [9.17, 15) is 19.5 Å². The zero-order valence-corrected chi connectivity index (χ0v) is 20.5. The summed E-state index contributed by atoms with van der Waals surface area (Å²) >= 11 is 0. The number of aliphatic imine (C=N–C) groups is 1. The van der Waals surface area contributed by atoms with Crippen molar-refractivity contribution in [3.05, 3.63) is 126 Å². The number of carboxylic acids is 1. The van der Waals surface area contributed by atoms with Gasteiger partial charge >= 0.3 is 17.9 Å². The summed E-state index contributed by atoms with van der Waals surface area (Å²) in [7, 11) is 1.79. The second-order valence-corrected chi connectivity index (χ2v) is 8.93. The molecule has 3 N–H and O–H groups in total. The van der Waals surface area contributed by atoms with Crippen LogP contribution in [0.2, 0.25) is 0 Å². The second-order valence-electron chi connectivity index (χ2n) is 8.93. The monoisotopic (exact) mass is 505 g/mol. The number of rotatable bonds is 5. The first-order valence-electron chi connectivity index (χ1n) is 12.0. The Hall–Kier alpha value is -5.08. The summed E-state index contributed by atoms with van der Waals surface area (Å²) < 4.78 is -0.226. The summed E-state index contributed by atoms with van der Waals surface area (Å²) in [6.07, 6.45) is -1.24. The number of fused-ring (bicyclic) bond motifs is 1. The number of hydrogen-bond acceptors (Lipinski definition) is 4. The van der Waals surface area contributed by atoms with Crippen LogP contribution in [-0.2, 0) is 4.79 Å². The van der Waals surface area contributed by atoms with Crippen LogP contribution in [0.3, 0.4) is 0 Å². The van der Waals surface area contributed by atoms with Crippen LogP contribution in [-0.4, -0.2) is 41.9 Å². The molecule has 5 rings (SSSR count). The molecule has 4 aromatic carbocycles. The molecule has 0 saturated carbocycles. The molecule has 0 aromatic heterocycles. The third-order valence-corrected chi connectivity index (χ3v) is 6.53. The average Bonchev–Trinajstić information content (AvgIpc) is 3.04. The number of para-hydroxylation sites is 2. The van der Waals surface area contributed by atoms with Gasteiger partial charge < -0.3 is 15.7 Å². The zero-order chi connectivity index (χ0) is 26.7. The molecule has 188 valence electrons. The summed E-state index contributed by atoms with van der Waals surface area (Å²) in [5.41, 5.74) is 3.90. The SMILES string of the molecule is C[N+]1(c2ccccc2)C(=O)C(NC(=O)Nc2cccc(C(=O)O)c2)N=C(c2ccccc2)c2ccccc21. The number of carbonyl (C=O) groups excluding carboxylic acids is 2. The molecule has 0 bridgehead atoms. The van der Waals surface area contributed by atoms with Crippen LogP contribution >= 0.6 is 0 Å². The van der Waals surface area contributed by atoms with E-state index in [0.717, 1.165) is 22.5 Å². The molecular formula is C30H25N4O4+. The van der Waals surface area contributed by atoms with Crippen molar-refractivity contribution < 1.29 is 19.5 Å². The number of likely N-dealkylation sites (N-methyl/N-ethyl adjacent to an activating group) is 1. The molecule has 0 aliphatic carbocycles. The highest BCUT2D eigenvalue weighted by atomic mass is 16.4. The summed E-state index contributed by atoms with van der Waals surface area (Å²) in [6.45, 7) is 0. The summed E-state index contributed by atoms with van der Waals surface area (Å²) in [5.74, 6) is -1.47. The van der Waals surface area contributed by atoms with Crippen LogP contribution in [0.25, 0.3) is 0 Å². The smallest absolute Gasteiger partial charge is 0.368 e. The van der Waals surface area contributed by atoms with Gasteiger partial charge in [-0.25, -0.2) is 19.4 Å². The van der Waals surface area contributed by atoms with E-state index in [2.05, 4.69) is 10.6 Å². The molecule has 38 heavy (non-hydrogen) atoms. The normalized spacial score (nSPS) is 18.5. The van der Waals surface area contributed by atoms with Gasteiger partial charge in [-0.15, -0.1) is 0 Å². The minimum Gasteiger partial charge on any atom is -0.478 e. The fourth-order valence-corrected chi connectivity index (χ4v) is 4.61. The maximum atomic E-state index is 14.3.